The van der Waals surface area contributed by atoms with E-state index in [4.69, 9.17) is 39.1 Å². The quantitative estimate of drug-likeness (QED) is 0.652. The lowest BCUT2D eigenvalue weighted by molar-refractivity contribution is 0.481. The van der Waals surface area contributed by atoms with Gasteiger partial charge >= 0.3 is 0 Å². The summed E-state index contributed by atoms with van der Waals surface area (Å²) in [5, 5.41) is 8.52. The first-order valence-corrected chi connectivity index (χ1v) is 6.31. The topological polar surface area (TPSA) is 59.1 Å². The Bertz CT molecular complexity index is 641. The van der Waals surface area contributed by atoms with E-state index in [-0.39, 0.29) is 5.84 Å². The molecule has 0 saturated carbocycles. The fraction of sp³-hybridized carbons (Fsp3) is 0.0714. The highest BCUT2D eigenvalue weighted by atomic mass is 35.5. The van der Waals surface area contributed by atoms with Crippen LogP contribution in [0.5, 0.6) is 11.5 Å². The second kappa shape index (κ2) is 5.51. The van der Waals surface area contributed by atoms with Crippen LogP contribution in [0.15, 0.2) is 36.4 Å². The van der Waals surface area contributed by atoms with E-state index < -0.39 is 0 Å². The van der Waals surface area contributed by atoms with Crippen molar-refractivity contribution in [1.29, 1.82) is 5.41 Å². The molecule has 0 aliphatic carbocycles. The summed E-state index contributed by atoms with van der Waals surface area (Å²) in [5.41, 5.74) is 7.02. The monoisotopic (exact) mass is 294 g/mol. The van der Waals surface area contributed by atoms with Crippen LogP contribution in [0.25, 0.3) is 0 Å². The molecule has 0 spiro atoms. The first-order chi connectivity index (χ1) is 8.97. The number of aryl methyl sites for hydroxylation is 1. The number of benzene rings is 2. The Morgan fingerprint density at radius 3 is 2.47 bits per heavy atom. The lowest BCUT2D eigenvalue weighted by atomic mass is 10.2. The molecule has 0 unspecified atom stereocenters. The first kappa shape index (κ1) is 13.7. The van der Waals surface area contributed by atoms with Crippen LogP contribution in [0.1, 0.15) is 11.1 Å². The Morgan fingerprint density at radius 1 is 1.11 bits per heavy atom. The van der Waals surface area contributed by atoms with Crippen molar-refractivity contribution in [2.24, 2.45) is 5.73 Å². The van der Waals surface area contributed by atoms with Crippen LogP contribution in [-0.4, -0.2) is 5.84 Å². The van der Waals surface area contributed by atoms with Gasteiger partial charge in [0.1, 0.15) is 17.3 Å². The largest absolute Gasteiger partial charge is 0.455 e. The van der Waals surface area contributed by atoms with Gasteiger partial charge in [-0.05, 0) is 36.8 Å². The molecular formula is C14H12Cl2N2O. The highest BCUT2D eigenvalue weighted by Gasteiger charge is 2.10. The van der Waals surface area contributed by atoms with E-state index in [0.29, 0.717) is 27.1 Å². The molecule has 0 radical (unpaired) electrons. The molecule has 2 aromatic carbocycles. The molecule has 3 nitrogen and oxygen atoms in total. The minimum Gasteiger partial charge on any atom is -0.455 e. The van der Waals surface area contributed by atoms with Crippen molar-refractivity contribution in [2.45, 2.75) is 6.92 Å². The zero-order chi connectivity index (χ0) is 14.0. The maximum Gasteiger partial charge on any atom is 0.146 e. The fourth-order valence-corrected chi connectivity index (χ4v) is 2.05. The van der Waals surface area contributed by atoms with Crippen LogP contribution in [0.4, 0.5) is 0 Å². The standard InChI is InChI=1S/C14H12Cl2N2O/c1-8-2-5-12(11(16)6-8)19-13-7-9(15)3-4-10(13)14(17)18/h2-7H,1H3,(H3,17,18). The molecule has 0 amide bonds. The van der Waals surface area contributed by atoms with Gasteiger partial charge < -0.3 is 10.5 Å². The number of rotatable bonds is 3. The minimum absolute atomic E-state index is 0.0881. The zero-order valence-corrected chi connectivity index (χ0v) is 11.7. The van der Waals surface area contributed by atoms with E-state index in [2.05, 4.69) is 0 Å². The molecule has 2 aromatic rings. The van der Waals surface area contributed by atoms with Crippen LogP contribution in [0, 0.1) is 12.3 Å². The molecule has 0 saturated heterocycles. The lowest BCUT2D eigenvalue weighted by Crippen LogP contribution is -2.12. The highest BCUT2D eigenvalue weighted by molar-refractivity contribution is 6.32. The van der Waals surface area contributed by atoms with Crippen LogP contribution in [-0.2, 0) is 0 Å². The average molecular weight is 295 g/mol. The van der Waals surface area contributed by atoms with Gasteiger partial charge in [0.2, 0.25) is 0 Å². The summed E-state index contributed by atoms with van der Waals surface area (Å²) in [6.45, 7) is 1.94. The summed E-state index contributed by atoms with van der Waals surface area (Å²) in [6.07, 6.45) is 0. The molecule has 0 bridgehead atoms. The van der Waals surface area contributed by atoms with Crippen LogP contribution in [0.3, 0.4) is 0 Å². The predicted molar refractivity (Wildman–Crippen MR) is 78.7 cm³/mol. The van der Waals surface area contributed by atoms with Crippen LogP contribution < -0.4 is 10.5 Å². The van der Waals surface area contributed by atoms with E-state index in [1.165, 1.54) is 0 Å². The summed E-state index contributed by atoms with van der Waals surface area (Å²) >= 11 is 12.0. The third-order valence-electron chi connectivity index (χ3n) is 2.54. The van der Waals surface area contributed by atoms with Crippen molar-refractivity contribution in [2.75, 3.05) is 0 Å². The maximum absolute atomic E-state index is 7.52. The van der Waals surface area contributed by atoms with E-state index in [1.807, 2.05) is 13.0 Å². The molecule has 0 heterocycles. The Kier molecular flexibility index (Phi) is 3.98. The van der Waals surface area contributed by atoms with Crippen molar-refractivity contribution < 1.29 is 4.74 Å². The Morgan fingerprint density at radius 2 is 1.84 bits per heavy atom. The van der Waals surface area contributed by atoms with Crippen molar-refractivity contribution in [3.63, 3.8) is 0 Å². The summed E-state index contributed by atoms with van der Waals surface area (Å²) in [5.74, 6) is 0.817. The molecule has 0 aliphatic rings. The number of ether oxygens (including phenoxy) is 1. The number of nitrogens with two attached hydrogens (primary N) is 1. The van der Waals surface area contributed by atoms with E-state index in [9.17, 15) is 0 Å². The zero-order valence-electron chi connectivity index (χ0n) is 10.2. The minimum atomic E-state index is -0.0881. The van der Waals surface area contributed by atoms with Gasteiger partial charge in [0.25, 0.3) is 0 Å². The van der Waals surface area contributed by atoms with Gasteiger partial charge in [0.05, 0.1) is 10.6 Å². The molecule has 5 heteroatoms. The number of hydrogen-bond donors (Lipinski definition) is 2. The van der Waals surface area contributed by atoms with E-state index in [0.717, 1.165) is 5.56 Å². The van der Waals surface area contributed by atoms with Crippen molar-refractivity contribution in [1.82, 2.24) is 0 Å². The normalized spacial score (nSPS) is 10.3. The Hall–Kier alpha value is -1.71. The van der Waals surface area contributed by atoms with E-state index in [1.54, 1.807) is 30.3 Å². The summed E-state index contributed by atoms with van der Waals surface area (Å²) in [4.78, 5) is 0. The molecule has 19 heavy (non-hydrogen) atoms. The van der Waals surface area contributed by atoms with Crippen LogP contribution >= 0.6 is 23.2 Å². The molecule has 0 aliphatic heterocycles. The van der Waals surface area contributed by atoms with Gasteiger partial charge in [-0.15, -0.1) is 0 Å². The van der Waals surface area contributed by atoms with Crippen molar-refractivity contribution in [3.8, 4) is 11.5 Å². The molecule has 2 rings (SSSR count). The SMILES string of the molecule is Cc1ccc(Oc2cc(Cl)ccc2C(=N)N)c(Cl)c1. The predicted octanol–water partition coefficient (Wildman–Crippen LogP) is 4.38. The lowest BCUT2D eigenvalue weighted by Gasteiger charge is -2.12. The fourth-order valence-electron chi connectivity index (χ4n) is 1.61. The van der Waals surface area contributed by atoms with Gasteiger partial charge in [-0.1, -0.05) is 29.3 Å². The third kappa shape index (κ3) is 3.19. The average Bonchev–Trinajstić information content (AvgIpc) is 2.32. The summed E-state index contributed by atoms with van der Waals surface area (Å²) in [6, 6.07) is 10.4. The maximum atomic E-state index is 7.52. The van der Waals surface area contributed by atoms with Crippen molar-refractivity contribution >= 4 is 29.0 Å². The Balaban J connectivity index is 2.42. The van der Waals surface area contributed by atoms with Gasteiger partial charge in [0, 0.05) is 11.1 Å². The number of hydrogen-bond acceptors (Lipinski definition) is 2. The van der Waals surface area contributed by atoms with Gasteiger partial charge in [-0.3, -0.25) is 5.41 Å². The summed E-state index contributed by atoms with van der Waals surface area (Å²) in [7, 11) is 0. The van der Waals surface area contributed by atoms with E-state index >= 15 is 0 Å². The van der Waals surface area contributed by atoms with Gasteiger partial charge in [-0.25, -0.2) is 0 Å². The molecule has 0 aromatic heterocycles. The van der Waals surface area contributed by atoms with Gasteiger partial charge in [-0.2, -0.15) is 0 Å². The third-order valence-corrected chi connectivity index (χ3v) is 3.07. The molecule has 0 atom stereocenters. The second-order valence-electron chi connectivity index (χ2n) is 4.09. The molecule has 0 fully saturated rings. The highest BCUT2D eigenvalue weighted by Crippen LogP contribution is 2.33. The number of nitrogen functional groups attached to an aromatic ring is 1. The number of amidine groups is 1. The second-order valence-corrected chi connectivity index (χ2v) is 4.93. The number of halogens is 2. The van der Waals surface area contributed by atoms with Gasteiger partial charge in [0.15, 0.2) is 0 Å². The Labute approximate surface area is 121 Å². The smallest absolute Gasteiger partial charge is 0.146 e. The number of nitrogens with one attached hydrogen (secondary N) is 1. The first-order valence-electron chi connectivity index (χ1n) is 5.55. The summed E-state index contributed by atoms with van der Waals surface area (Å²) < 4.78 is 5.70. The molecular weight excluding hydrogens is 283 g/mol. The van der Waals surface area contributed by atoms with Crippen molar-refractivity contribution in [3.05, 3.63) is 57.6 Å². The molecule has 3 N–H and O–H groups in total. The molecule has 98 valence electrons. The van der Waals surface area contributed by atoms with Crippen LogP contribution in [0.2, 0.25) is 10.0 Å².